The number of unbranched alkanes of at least 4 members (excludes halogenated alkanes) is 11. The Kier molecular flexibility index (Phi) is 15.0. The van der Waals surface area contributed by atoms with Crippen LogP contribution >= 0.6 is 0 Å². The normalized spacial score (nSPS) is 24.1. The average molecular weight is 387 g/mol. The van der Waals surface area contributed by atoms with Gasteiger partial charge in [0.25, 0.3) is 0 Å². The van der Waals surface area contributed by atoms with E-state index in [4.69, 9.17) is 14.6 Å². The molecular formula is C22H42O5. The zero-order valence-electron chi connectivity index (χ0n) is 17.2. The molecule has 1 rings (SSSR count). The van der Waals surface area contributed by atoms with Crippen LogP contribution in [-0.4, -0.2) is 59.6 Å². The minimum Gasteiger partial charge on any atom is -0.394 e. The van der Waals surface area contributed by atoms with E-state index in [0.717, 1.165) is 6.42 Å². The molecule has 0 aromatic rings. The second kappa shape index (κ2) is 16.5. The minimum absolute atomic E-state index is 0.134. The van der Waals surface area contributed by atoms with Gasteiger partial charge in [0.05, 0.1) is 19.8 Å². The second-order valence-electron chi connectivity index (χ2n) is 7.71. The summed E-state index contributed by atoms with van der Waals surface area (Å²) in [6.45, 7) is 2.38. The number of hydrogen-bond acceptors (Lipinski definition) is 5. The van der Waals surface area contributed by atoms with E-state index in [1.165, 1.54) is 70.6 Å². The fourth-order valence-corrected chi connectivity index (χ4v) is 3.54. The van der Waals surface area contributed by atoms with Gasteiger partial charge in [0.2, 0.25) is 0 Å². The minimum atomic E-state index is -1.02. The van der Waals surface area contributed by atoms with E-state index in [1.807, 2.05) is 6.08 Å². The van der Waals surface area contributed by atoms with Gasteiger partial charge in [0, 0.05) is 0 Å². The van der Waals surface area contributed by atoms with Crippen molar-refractivity contribution >= 4 is 0 Å². The largest absolute Gasteiger partial charge is 0.394 e. The molecule has 160 valence electrons. The zero-order valence-corrected chi connectivity index (χ0v) is 17.2. The third-order valence-electron chi connectivity index (χ3n) is 5.25. The molecule has 1 fully saturated rings. The SMILES string of the molecule is CCCCCCCCCCCCC/C=C/CO[C@@H]1[C@H]([C@@H](O)CO)OC[C@H]1O. The molecule has 0 spiro atoms. The molecule has 5 nitrogen and oxygen atoms in total. The first-order valence-corrected chi connectivity index (χ1v) is 11.1. The first-order valence-electron chi connectivity index (χ1n) is 11.1. The molecule has 1 heterocycles. The van der Waals surface area contributed by atoms with Crippen molar-refractivity contribution in [2.24, 2.45) is 0 Å². The molecule has 0 bridgehead atoms. The van der Waals surface area contributed by atoms with Crippen LogP contribution in [0.15, 0.2) is 12.2 Å². The molecule has 0 amide bonds. The number of aliphatic hydroxyl groups is 3. The van der Waals surface area contributed by atoms with Crippen LogP contribution in [0.3, 0.4) is 0 Å². The van der Waals surface area contributed by atoms with Gasteiger partial charge in [-0.2, -0.15) is 0 Å². The van der Waals surface area contributed by atoms with Gasteiger partial charge in [0.15, 0.2) is 0 Å². The molecule has 0 unspecified atom stereocenters. The summed E-state index contributed by atoms with van der Waals surface area (Å²) in [5.41, 5.74) is 0. The van der Waals surface area contributed by atoms with Crippen LogP contribution < -0.4 is 0 Å². The van der Waals surface area contributed by atoms with E-state index in [9.17, 15) is 10.2 Å². The molecule has 0 saturated carbocycles. The van der Waals surface area contributed by atoms with Crippen LogP contribution in [0.1, 0.15) is 84.0 Å². The summed E-state index contributed by atoms with van der Waals surface area (Å²) >= 11 is 0. The maximum atomic E-state index is 9.85. The molecule has 27 heavy (non-hydrogen) atoms. The van der Waals surface area contributed by atoms with Crippen molar-refractivity contribution in [3.8, 4) is 0 Å². The van der Waals surface area contributed by atoms with E-state index >= 15 is 0 Å². The van der Waals surface area contributed by atoms with Crippen molar-refractivity contribution in [1.29, 1.82) is 0 Å². The molecule has 0 aliphatic carbocycles. The summed E-state index contributed by atoms with van der Waals surface area (Å²) in [4.78, 5) is 0. The summed E-state index contributed by atoms with van der Waals surface area (Å²) in [6, 6.07) is 0. The molecule has 3 N–H and O–H groups in total. The highest BCUT2D eigenvalue weighted by Crippen LogP contribution is 2.21. The highest BCUT2D eigenvalue weighted by molar-refractivity contribution is 4.91. The molecule has 4 atom stereocenters. The van der Waals surface area contributed by atoms with Crippen molar-refractivity contribution in [3.63, 3.8) is 0 Å². The summed E-state index contributed by atoms with van der Waals surface area (Å²) < 4.78 is 10.9. The maximum Gasteiger partial charge on any atom is 0.115 e. The van der Waals surface area contributed by atoms with Crippen molar-refractivity contribution in [2.75, 3.05) is 19.8 Å². The molecular weight excluding hydrogens is 344 g/mol. The Morgan fingerprint density at radius 2 is 1.56 bits per heavy atom. The van der Waals surface area contributed by atoms with Crippen LogP contribution in [0.25, 0.3) is 0 Å². The molecule has 0 aromatic heterocycles. The Bertz CT molecular complexity index is 361. The molecule has 1 aliphatic rings. The lowest BCUT2D eigenvalue weighted by molar-refractivity contribution is -0.0879. The Hall–Kier alpha value is -0.460. The van der Waals surface area contributed by atoms with Gasteiger partial charge in [-0.05, 0) is 12.8 Å². The summed E-state index contributed by atoms with van der Waals surface area (Å²) in [6.07, 6.45) is 17.0. The third-order valence-corrected chi connectivity index (χ3v) is 5.25. The smallest absolute Gasteiger partial charge is 0.115 e. The van der Waals surface area contributed by atoms with Gasteiger partial charge in [0.1, 0.15) is 24.4 Å². The van der Waals surface area contributed by atoms with E-state index in [0.29, 0.717) is 6.61 Å². The lowest BCUT2D eigenvalue weighted by Gasteiger charge is -2.23. The lowest BCUT2D eigenvalue weighted by Crippen LogP contribution is -2.42. The first kappa shape index (κ1) is 24.6. The van der Waals surface area contributed by atoms with E-state index in [1.54, 1.807) is 0 Å². The predicted molar refractivity (Wildman–Crippen MR) is 109 cm³/mol. The highest BCUT2D eigenvalue weighted by Gasteiger charge is 2.40. The van der Waals surface area contributed by atoms with Gasteiger partial charge in [-0.25, -0.2) is 0 Å². The van der Waals surface area contributed by atoms with Crippen molar-refractivity contribution < 1.29 is 24.8 Å². The van der Waals surface area contributed by atoms with Crippen molar-refractivity contribution in [3.05, 3.63) is 12.2 Å². The monoisotopic (exact) mass is 386 g/mol. The van der Waals surface area contributed by atoms with Crippen molar-refractivity contribution in [2.45, 2.75) is 108 Å². The number of rotatable bonds is 17. The standard InChI is InChI=1S/C22H42O5/c1-2-3-4-5-6-7-8-9-10-11-12-13-14-15-16-26-22-20(25)18-27-21(22)19(24)17-23/h14-15,19-25H,2-13,16-18H2,1H3/b15-14+/t19-,20+,21-,22-/m0/s1. The molecule has 1 aliphatic heterocycles. The summed E-state index contributed by atoms with van der Waals surface area (Å²) in [7, 11) is 0. The highest BCUT2D eigenvalue weighted by atomic mass is 16.6. The van der Waals surface area contributed by atoms with Gasteiger partial charge < -0.3 is 24.8 Å². The van der Waals surface area contributed by atoms with Crippen LogP contribution in [0.5, 0.6) is 0 Å². The second-order valence-corrected chi connectivity index (χ2v) is 7.71. The summed E-state index contributed by atoms with van der Waals surface area (Å²) in [5.74, 6) is 0. The number of hydrogen-bond donors (Lipinski definition) is 3. The number of ether oxygens (including phenoxy) is 2. The van der Waals surface area contributed by atoms with Gasteiger partial charge in [-0.15, -0.1) is 0 Å². The fraction of sp³-hybridized carbons (Fsp3) is 0.909. The zero-order chi connectivity index (χ0) is 19.7. The van der Waals surface area contributed by atoms with E-state index in [2.05, 4.69) is 13.0 Å². The maximum absolute atomic E-state index is 9.85. The fourth-order valence-electron chi connectivity index (χ4n) is 3.54. The molecule has 0 radical (unpaired) electrons. The molecule has 1 saturated heterocycles. The van der Waals surface area contributed by atoms with Crippen LogP contribution in [-0.2, 0) is 9.47 Å². The van der Waals surface area contributed by atoms with Gasteiger partial charge in [-0.3, -0.25) is 0 Å². The third kappa shape index (κ3) is 11.2. The Morgan fingerprint density at radius 3 is 2.15 bits per heavy atom. The van der Waals surface area contributed by atoms with Crippen LogP contribution in [0, 0.1) is 0 Å². The predicted octanol–water partition coefficient (Wildman–Crippen LogP) is 3.74. The first-order chi connectivity index (χ1) is 13.2. The van der Waals surface area contributed by atoms with E-state index in [-0.39, 0.29) is 6.61 Å². The number of allylic oxidation sites excluding steroid dienone is 1. The Morgan fingerprint density at radius 1 is 0.963 bits per heavy atom. The average Bonchev–Trinajstić information content (AvgIpc) is 3.04. The van der Waals surface area contributed by atoms with E-state index < -0.39 is 31.0 Å². The lowest BCUT2D eigenvalue weighted by atomic mass is 10.1. The van der Waals surface area contributed by atoms with Crippen molar-refractivity contribution in [1.82, 2.24) is 0 Å². The summed E-state index contributed by atoms with van der Waals surface area (Å²) in [5, 5.41) is 28.6. The molecule has 5 heteroatoms. The molecule has 0 aromatic carbocycles. The van der Waals surface area contributed by atoms with Crippen LogP contribution in [0.2, 0.25) is 0 Å². The van der Waals surface area contributed by atoms with Gasteiger partial charge >= 0.3 is 0 Å². The quantitative estimate of drug-likeness (QED) is 0.262. The van der Waals surface area contributed by atoms with Gasteiger partial charge in [-0.1, -0.05) is 83.3 Å². The Balaban J connectivity index is 1.93. The number of aliphatic hydroxyl groups excluding tert-OH is 3. The topological polar surface area (TPSA) is 79.2 Å². The van der Waals surface area contributed by atoms with Crippen LogP contribution in [0.4, 0.5) is 0 Å². The Labute approximate surface area is 165 Å².